The van der Waals surface area contributed by atoms with Crippen molar-refractivity contribution in [3.63, 3.8) is 0 Å². The quantitative estimate of drug-likeness (QED) is 0.321. The number of nitrogens with two attached hydrogens (primary N) is 1. The molecule has 2 saturated carbocycles. The molecule has 1 amide bonds. The highest BCUT2D eigenvalue weighted by Crippen LogP contribution is 2.41. The summed E-state index contributed by atoms with van der Waals surface area (Å²) < 4.78 is 0. The maximum absolute atomic E-state index is 12.7. The number of carbonyl (C=O) groups is 1. The molecule has 2 aliphatic rings. The number of nitrogens with zero attached hydrogens (tertiary/aromatic N) is 1. The fraction of sp³-hybridized carbons (Fsp3) is 0.867. The molecule has 2 rings (SSSR count). The van der Waals surface area contributed by atoms with Crippen molar-refractivity contribution in [3.8, 4) is 0 Å². The van der Waals surface area contributed by atoms with Gasteiger partial charge in [-0.2, -0.15) is 0 Å². The second-order valence-corrected chi connectivity index (χ2v) is 7.05. The maximum Gasteiger partial charge on any atom is 0.224 e. The van der Waals surface area contributed by atoms with Crippen LogP contribution < -0.4 is 11.1 Å². The average molecular weight is 281 g/mol. The topological polar surface area (TPSA) is 87.7 Å². The molecule has 0 radical (unpaired) electrons. The summed E-state index contributed by atoms with van der Waals surface area (Å²) in [4.78, 5) is 12.7. The number of oxime groups is 1. The average Bonchev–Trinajstić information content (AvgIpc) is 2.86. The van der Waals surface area contributed by atoms with E-state index in [2.05, 4.69) is 24.3 Å². The van der Waals surface area contributed by atoms with Gasteiger partial charge in [0.15, 0.2) is 5.84 Å². The Morgan fingerprint density at radius 3 is 2.35 bits per heavy atom. The van der Waals surface area contributed by atoms with Crippen molar-refractivity contribution in [1.29, 1.82) is 0 Å². The smallest absolute Gasteiger partial charge is 0.224 e. The molecule has 0 bridgehead atoms. The van der Waals surface area contributed by atoms with E-state index < -0.39 is 5.54 Å². The van der Waals surface area contributed by atoms with Gasteiger partial charge in [-0.3, -0.25) is 4.79 Å². The van der Waals surface area contributed by atoms with Gasteiger partial charge in [0.2, 0.25) is 5.91 Å². The van der Waals surface area contributed by atoms with Crippen LogP contribution in [0.1, 0.15) is 65.2 Å². The zero-order chi connectivity index (χ0) is 14.8. The molecule has 5 heteroatoms. The lowest BCUT2D eigenvalue weighted by Crippen LogP contribution is -2.58. The van der Waals surface area contributed by atoms with Crippen molar-refractivity contribution in [2.75, 3.05) is 0 Å². The van der Waals surface area contributed by atoms with Crippen LogP contribution in [0.3, 0.4) is 0 Å². The number of rotatable bonds is 3. The third-order valence-corrected chi connectivity index (χ3v) is 5.24. The number of hydrogen-bond acceptors (Lipinski definition) is 3. The summed E-state index contributed by atoms with van der Waals surface area (Å²) in [7, 11) is 0. The molecule has 5 nitrogen and oxygen atoms in total. The second kappa shape index (κ2) is 5.62. The van der Waals surface area contributed by atoms with Crippen molar-refractivity contribution in [2.45, 2.75) is 70.8 Å². The molecule has 0 saturated heterocycles. The first-order chi connectivity index (χ1) is 9.41. The summed E-state index contributed by atoms with van der Waals surface area (Å²) in [6.45, 7) is 4.34. The van der Waals surface area contributed by atoms with Crippen molar-refractivity contribution >= 4 is 11.7 Å². The van der Waals surface area contributed by atoms with E-state index in [9.17, 15) is 4.79 Å². The van der Waals surface area contributed by atoms with E-state index in [1.54, 1.807) is 0 Å². The van der Waals surface area contributed by atoms with E-state index >= 15 is 0 Å². The lowest BCUT2D eigenvalue weighted by Gasteiger charge is -2.40. The Morgan fingerprint density at radius 1 is 1.20 bits per heavy atom. The Bertz CT molecular complexity index is 398. The molecule has 20 heavy (non-hydrogen) atoms. The van der Waals surface area contributed by atoms with Gasteiger partial charge in [-0.1, -0.05) is 44.7 Å². The highest BCUT2D eigenvalue weighted by atomic mass is 16.4. The van der Waals surface area contributed by atoms with Gasteiger partial charge >= 0.3 is 0 Å². The fourth-order valence-electron chi connectivity index (χ4n) is 3.82. The molecular formula is C15H27N3O2. The van der Waals surface area contributed by atoms with Crippen molar-refractivity contribution in [3.05, 3.63) is 0 Å². The molecule has 2 aliphatic carbocycles. The molecule has 0 aromatic carbocycles. The van der Waals surface area contributed by atoms with Crippen LogP contribution in [-0.2, 0) is 4.79 Å². The monoisotopic (exact) mass is 281 g/mol. The number of nitrogens with one attached hydrogen (secondary N) is 1. The SMILES string of the molecule is CC1(C)CCCCC1C(=O)NC1(C(N)=NO)CCCC1. The summed E-state index contributed by atoms with van der Waals surface area (Å²) in [6, 6.07) is 0. The Kier molecular flexibility index (Phi) is 4.25. The van der Waals surface area contributed by atoms with E-state index in [4.69, 9.17) is 10.9 Å². The molecule has 0 spiro atoms. The molecule has 1 atom stereocenters. The number of carbonyl (C=O) groups excluding carboxylic acids is 1. The van der Waals surface area contributed by atoms with Crippen LogP contribution in [0.2, 0.25) is 0 Å². The highest BCUT2D eigenvalue weighted by Gasteiger charge is 2.44. The molecule has 0 aliphatic heterocycles. The van der Waals surface area contributed by atoms with Crippen molar-refractivity contribution < 1.29 is 10.0 Å². The molecule has 0 aromatic rings. The van der Waals surface area contributed by atoms with Crippen molar-refractivity contribution in [1.82, 2.24) is 5.32 Å². The van der Waals surface area contributed by atoms with Gasteiger partial charge in [-0.25, -0.2) is 0 Å². The zero-order valence-corrected chi connectivity index (χ0v) is 12.6. The van der Waals surface area contributed by atoms with Crippen LogP contribution in [0, 0.1) is 11.3 Å². The molecule has 4 N–H and O–H groups in total. The minimum absolute atomic E-state index is 0.0280. The summed E-state index contributed by atoms with van der Waals surface area (Å²) in [5.41, 5.74) is 5.25. The normalized spacial score (nSPS) is 29.1. The Labute approximate surface area is 121 Å². The summed E-state index contributed by atoms with van der Waals surface area (Å²) in [6.07, 6.45) is 7.87. The van der Waals surface area contributed by atoms with Crippen LogP contribution in [0.4, 0.5) is 0 Å². The minimum Gasteiger partial charge on any atom is -0.409 e. The first-order valence-corrected chi connectivity index (χ1v) is 7.71. The Hall–Kier alpha value is -1.26. The zero-order valence-electron chi connectivity index (χ0n) is 12.6. The van der Waals surface area contributed by atoms with Gasteiger partial charge in [0.05, 0.1) is 0 Å². The summed E-state index contributed by atoms with van der Waals surface area (Å²) >= 11 is 0. The number of amides is 1. The van der Waals surface area contributed by atoms with E-state index in [0.717, 1.165) is 44.9 Å². The van der Waals surface area contributed by atoms with Crippen LogP contribution in [0.25, 0.3) is 0 Å². The fourth-order valence-corrected chi connectivity index (χ4v) is 3.82. The van der Waals surface area contributed by atoms with E-state index in [1.165, 1.54) is 6.42 Å². The predicted octanol–water partition coefficient (Wildman–Crippen LogP) is 2.38. The van der Waals surface area contributed by atoms with Crippen molar-refractivity contribution in [2.24, 2.45) is 22.2 Å². The lowest BCUT2D eigenvalue weighted by atomic mass is 9.68. The maximum atomic E-state index is 12.7. The van der Waals surface area contributed by atoms with E-state index in [-0.39, 0.29) is 23.1 Å². The minimum atomic E-state index is -0.626. The van der Waals surface area contributed by atoms with Gasteiger partial charge in [-0.15, -0.1) is 0 Å². The van der Waals surface area contributed by atoms with E-state index in [1.807, 2.05) is 0 Å². The van der Waals surface area contributed by atoms with E-state index in [0.29, 0.717) is 0 Å². The molecule has 0 heterocycles. The lowest BCUT2D eigenvalue weighted by molar-refractivity contribution is -0.131. The van der Waals surface area contributed by atoms with Gasteiger partial charge in [-0.05, 0) is 31.1 Å². The first-order valence-electron chi connectivity index (χ1n) is 7.71. The van der Waals surface area contributed by atoms with Gasteiger partial charge in [0.25, 0.3) is 0 Å². The first kappa shape index (κ1) is 15.1. The molecule has 114 valence electrons. The largest absolute Gasteiger partial charge is 0.409 e. The number of hydrogen-bond donors (Lipinski definition) is 3. The van der Waals surface area contributed by atoms with Crippen LogP contribution >= 0.6 is 0 Å². The molecule has 0 aromatic heterocycles. The standard InChI is InChI=1S/C15H27N3O2/c1-14(2)8-4-3-7-11(14)12(19)17-15(13(16)18-20)9-5-6-10-15/h11,20H,3-10H2,1-2H3,(H2,16,18)(H,17,19). The second-order valence-electron chi connectivity index (χ2n) is 7.05. The molecule has 1 unspecified atom stereocenters. The highest BCUT2D eigenvalue weighted by molar-refractivity contribution is 5.94. The summed E-state index contributed by atoms with van der Waals surface area (Å²) in [5, 5.41) is 15.3. The third kappa shape index (κ3) is 2.76. The van der Waals surface area contributed by atoms with Gasteiger partial charge in [0, 0.05) is 5.92 Å². The van der Waals surface area contributed by atoms with Crippen LogP contribution in [0.15, 0.2) is 5.16 Å². The third-order valence-electron chi connectivity index (χ3n) is 5.24. The molecule has 2 fully saturated rings. The Morgan fingerprint density at radius 2 is 1.80 bits per heavy atom. The predicted molar refractivity (Wildman–Crippen MR) is 78.5 cm³/mol. The van der Waals surface area contributed by atoms with Crippen LogP contribution in [0.5, 0.6) is 0 Å². The summed E-state index contributed by atoms with van der Waals surface area (Å²) in [5.74, 6) is 0.250. The number of amidine groups is 1. The van der Waals surface area contributed by atoms with Gasteiger partial charge < -0.3 is 16.3 Å². The Balaban J connectivity index is 2.13. The van der Waals surface area contributed by atoms with Crippen LogP contribution in [-0.4, -0.2) is 22.5 Å². The van der Waals surface area contributed by atoms with Gasteiger partial charge in [0.1, 0.15) is 5.54 Å². The molecular weight excluding hydrogens is 254 g/mol.